The second kappa shape index (κ2) is 6.72. The first kappa shape index (κ1) is 16.0. The van der Waals surface area contributed by atoms with E-state index < -0.39 is 5.97 Å². The van der Waals surface area contributed by atoms with Crippen molar-refractivity contribution in [3.05, 3.63) is 39.8 Å². The van der Waals surface area contributed by atoms with E-state index in [9.17, 15) is 9.59 Å². The van der Waals surface area contributed by atoms with Gasteiger partial charge in [-0.3, -0.25) is 4.79 Å². The number of hydrogen-bond donors (Lipinski definition) is 0. The molecule has 1 aliphatic heterocycles. The van der Waals surface area contributed by atoms with Crippen LogP contribution in [0.15, 0.2) is 29.2 Å². The van der Waals surface area contributed by atoms with E-state index >= 15 is 0 Å². The van der Waals surface area contributed by atoms with E-state index in [0.717, 1.165) is 21.3 Å². The number of fused-ring (bicyclic) bond motifs is 1. The molecule has 1 aromatic carbocycles. The van der Waals surface area contributed by atoms with Crippen LogP contribution in [0.5, 0.6) is 0 Å². The zero-order valence-electron chi connectivity index (χ0n) is 12.9. The van der Waals surface area contributed by atoms with Gasteiger partial charge in [-0.25, -0.2) is 9.78 Å². The Morgan fingerprint density at radius 1 is 1.30 bits per heavy atom. The third kappa shape index (κ3) is 3.40. The maximum absolute atomic E-state index is 12.4. The molecule has 2 aromatic rings. The van der Waals surface area contributed by atoms with E-state index in [1.54, 1.807) is 23.6 Å². The van der Waals surface area contributed by atoms with E-state index in [0.29, 0.717) is 17.1 Å². The van der Waals surface area contributed by atoms with Crippen molar-refractivity contribution in [2.24, 2.45) is 0 Å². The first-order chi connectivity index (χ1) is 11.1. The van der Waals surface area contributed by atoms with Crippen LogP contribution >= 0.6 is 23.1 Å². The topological polar surface area (TPSA) is 59.5 Å². The van der Waals surface area contributed by atoms with Gasteiger partial charge in [0.05, 0.1) is 16.4 Å². The number of hydrogen-bond acceptors (Lipinski definition) is 6. The summed E-state index contributed by atoms with van der Waals surface area (Å²) in [6.07, 6.45) is 0. The number of thiazole rings is 1. The molecule has 2 heterocycles. The molecule has 0 N–H and O–H groups in total. The first-order valence-electron chi connectivity index (χ1n) is 7.19. The Kier molecular flexibility index (Phi) is 4.68. The summed E-state index contributed by atoms with van der Waals surface area (Å²) in [5, 5.41) is 0.808. The molecule has 0 saturated heterocycles. The van der Waals surface area contributed by atoms with E-state index in [1.165, 1.54) is 11.3 Å². The van der Waals surface area contributed by atoms with Gasteiger partial charge in [-0.2, -0.15) is 0 Å². The summed E-state index contributed by atoms with van der Waals surface area (Å²) in [5.41, 5.74) is 1.53. The van der Waals surface area contributed by atoms with Crippen LogP contribution in [-0.2, 0) is 9.53 Å². The van der Waals surface area contributed by atoms with Crippen molar-refractivity contribution in [1.82, 2.24) is 4.98 Å². The highest BCUT2D eigenvalue weighted by Gasteiger charge is 2.24. The summed E-state index contributed by atoms with van der Waals surface area (Å²) < 4.78 is 5.19. The summed E-state index contributed by atoms with van der Waals surface area (Å²) in [4.78, 5) is 31.9. The number of amides is 1. The number of thioether (sulfide) groups is 1. The van der Waals surface area contributed by atoms with Crippen molar-refractivity contribution in [3.63, 3.8) is 0 Å². The average Bonchev–Trinajstić information content (AvgIpc) is 2.90. The Bertz CT molecular complexity index is 758. The zero-order valence-corrected chi connectivity index (χ0v) is 14.5. The Morgan fingerprint density at radius 2 is 2.09 bits per heavy atom. The van der Waals surface area contributed by atoms with Crippen LogP contribution in [0.4, 0.5) is 5.69 Å². The molecule has 5 nitrogen and oxygen atoms in total. The minimum atomic E-state index is -0.485. The van der Waals surface area contributed by atoms with Gasteiger partial charge in [0.2, 0.25) is 0 Å². The predicted molar refractivity (Wildman–Crippen MR) is 91.4 cm³/mol. The lowest BCUT2D eigenvalue weighted by Crippen LogP contribution is -2.38. The average molecular weight is 348 g/mol. The fraction of sp³-hybridized carbons (Fsp3) is 0.312. The predicted octanol–water partition coefficient (Wildman–Crippen LogP) is 3.06. The van der Waals surface area contributed by atoms with Crippen LogP contribution in [-0.4, -0.2) is 35.8 Å². The molecular formula is C16H16N2O3S2. The summed E-state index contributed by atoms with van der Waals surface area (Å²) in [7, 11) is 0. The Balaban J connectivity index is 1.66. The normalized spacial score (nSPS) is 13.6. The molecular weight excluding hydrogens is 332 g/mol. The molecule has 1 aliphatic rings. The molecule has 0 saturated carbocycles. The monoisotopic (exact) mass is 348 g/mol. The number of aromatic nitrogens is 1. The van der Waals surface area contributed by atoms with E-state index in [4.69, 9.17) is 4.74 Å². The smallest absolute Gasteiger partial charge is 0.350 e. The third-order valence-electron chi connectivity index (χ3n) is 3.45. The third-order valence-corrected chi connectivity index (χ3v) is 5.54. The van der Waals surface area contributed by atoms with Crippen LogP contribution in [0.25, 0.3) is 0 Å². The first-order valence-corrected chi connectivity index (χ1v) is 9.00. The van der Waals surface area contributed by atoms with Gasteiger partial charge in [-0.1, -0.05) is 12.1 Å². The number of benzene rings is 1. The Labute approximate surface area is 142 Å². The van der Waals surface area contributed by atoms with E-state index in [-0.39, 0.29) is 12.5 Å². The fourth-order valence-electron chi connectivity index (χ4n) is 2.42. The molecule has 120 valence electrons. The van der Waals surface area contributed by atoms with Crippen molar-refractivity contribution in [3.8, 4) is 0 Å². The van der Waals surface area contributed by atoms with Crippen molar-refractivity contribution >= 4 is 40.7 Å². The largest absolute Gasteiger partial charge is 0.451 e. The molecule has 0 atom stereocenters. The van der Waals surface area contributed by atoms with Gasteiger partial charge >= 0.3 is 5.97 Å². The lowest BCUT2D eigenvalue weighted by atomic mass is 10.2. The molecule has 0 unspecified atom stereocenters. The second-order valence-corrected chi connectivity index (χ2v) is 7.43. The number of anilines is 1. The second-order valence-electron chi connectivity index (χ2n) is 5.09. The SMILES string of the molecule is Cc1nc(C)c(C(=O)OCC(=O)N2CCSc3ccccc32)s1. The van der Waals surface area contributed by atoms with Crippen LogP contribution in [0.2, 0.25) is 0 Å². The molecule has 1 amide bonds. The molecule has 7 heteroatoms. The number of ether oxygens (including phenoxy) is 1. The van der Waals surface area contributed by atoms with Gasteiger partial charge in [0.25, 0.3) is 5.91 Å². The highest BCUT2D eigenvalue weighted by atomic mass is 32.2. The van der Waals surface area contributed by atoms with Gasteiger partial charge < -0.3 is 9.64 Å². The number of esters is 1. The summed E-state index contributed by atoms with van der Waals surface area (Å²) in [6, 6.07) is 7.77. The highest BCUT2D eigenvalue weighted by Crippen LogP contribution is 2.34. The number of carbonyl (C=O) groups is 2. The Hall–Kier alpha value is -1.86. The molecule has 3 rings (SSSR count). The van der Waals surface area contributed by atoms with Crippen molar-refractivity contribution in [1.29, 1.82) is 0 Å². The quantitative estimate of drug-likeness (QED) is 0.798. The molecule has 0 bridgehead atoms. The number of aryl methyl sites for hydroxylation is 2. The van der Waals surface area contributed by atoms with Crippen LogP contribution < -0.4 is 4.90 Å². The van der Waals surface area contributed by atoms with Gasteiger partial charge in [-0.15, -0.1) is 23.1 Å². The number of nitrogens with zero attached hydrogens (tertiary/aromatic N) is 2. The summed E-state index contributed by atoms with van der Waals surface area (Å²) in [6.45, 7) is 3.97. The van der Waals surface area contributed by atoms with Crippen molar-refractivity contribution < 1.29 is 14.3 Å². The Morgan fingerprint density at radius 3 is 2.83 bits per heavy atom. The molecule has 0 fully saturated rings. The van der Waals surface area contributed by atoms with Gasteiger partial charge in [-0.05, 0) is 26.0 Å². The van der Waals surface area contributed by atoms with Crippen molar-refractivity contribution in [2.75, 3.05) is 23.8 Å². The molecule has 0 aliphatic carbocycles. The fourth-order valence-corrected chi connectivity index (χ4v) is 4.23. The molecule has 0 radical (unpaired) electrons. The lowest BCUT2D eigenvalue weighted by molar-refractivity contribution is -0.121. The zero-order chi connectivity index (χ0) is 16.4. The van der Waals surface area contributed by atoms with Crippen LogP contribution in [0.1, 0.15) is 20.4 Å². The van der Waals surface area contributed by atoms with Gasteiger partial charge in [0.1, 0.15) is 4.88 Å². The van der Waals surface area contributed by atoms with Crippen molar-refractivity contribution in [2.45, 2.75) is 18.7 Å². The maximum atomic E-state index is 12.4. The van der Waals surface area contributed by atoms with E-state index in [1.807, 2.05) is 31.2 Å². The standard InChI is InChI=1S/C16H16N2O3S2/c1-10-15(23-11(2)17-10)16(20)21-9-14(19)18-7-8-22-13-6-4-3-5-12(13)18/h3-6H,7-9H2,1-2H3. The number of carbonyl (C=O) groups excluding carboxylic acids is 2. The van der Waals surface area contributed by atoms with Gasteiger partial charge in [0.15, 0.2) is 6.61 Å². The number of para-hydroxylation sites is 1. The highest BCUT2D eigenvalue weighted by molar-refractivity contribution is 7.99. The van der Waals surface area contributed by atoms with Crippen LogP contribution in [0.3, 0.4) is 0 Å². The lowest BCUT2D eigenvalue weighted by Gasteiger charge is -2.28. The van der Waals surface area contributed by atoms with Crippen LogP contribution in [0, 0.1) is 13.8 Å². The molecule has 1 aromatic heterocycles. The van der Waals surface area contributed by atoms with E-state index in [2.05, 4.69) is 4.98 Å². The minimum absolute atomic E-state index is 0.204. The minimum Gasteiger partial charge on any atom is -0.451 e. The van der Waals surface area contributed by atoms with Gasteiger partial charge in [0, 0.05) is 17.2 Å². The molecule has 23 heavy (non-hydrogen) atoms. The molecule has 0 spiro atoms. The summed E-state index contributed by atoms with van der Waals surface area (Å²) >= 11 is 3.01. The maximum Gasteiger partial charge on any atom is 0.350 e. The summed E-state index contributed by atoms with van der Waals surface area (Å²) in [5.74, 6) is 0.148. The number of rotatable bonds is 3.